The topological polar surface area (TPSA) is 68.2 Å². The maximum Gasteiger partial charge on any atom is 0.254 e. The van der Waals surface area contributed by atoms with E-state index >= 15 is 0 Å². The van der Waals surface area contributed by atoms with E-state index in [1.807, 2.05) is 18.2 Å². The summed E-state index contributed by atoms with van der Waals surface area (Å²) in [5.41, 5.74) is 4.46. The normalized spacial score (nSPS) is 15.8. The molecule has 1 amide bonds. The third-order valence-corrected chi connectivity index (χ3v) is 5.98. The van der Waals surface area contributed by atoms with E-state index in [-0.39, 0.29) is 11.7 Å². The number of piperazine rings is 1. The molecule has 2 N–H and O–H groups in total. The predicted octanol–water partition coefficient (Wildman–Crippen LogP) is 2.87. The molecule has 0 saturated carbocycles. The summed E-state index contributed by atoms with van der Waals surface area (Å²) in [7, 11) is 0. The first-order valence-corrected chi connectivity index (χ1v) is 11.2. The molecule has 1 fully saturated rings. The molecule has 1 heterocycles. The average Bonchev–Trinajstić information content (AvgIpc) is 2.68. The summed E-state index contributed by atoms with van der Waals surface area (Å²) in [5, 5.41) is 14.0. The number of carbonyl (C=O) groups excluding carboxylic acids is 1. The van der Waals surface area contributed by atoms with Crippen molar-refractivity contribution < 1.29 is 9.90 Å². The number of benzene rings is 2. The van der Waals surface area contributed by atoms with Crippen LogP contribution >= 0.6 is 45.2 Å². The zero-order valence-corrected chi connectivity index (χ0v) is 19.6. The molecular weight excluding hydrogens is 582 g/mol. The lowest BCUT2D eigenvalue weighted by Crippen LogP contribution is -2.48. The molecule has 8 heteroatoms. The number of aromatic hydroxyl groups is 1. The fraction of sp³-hybridized carbons (Fsp3) is 0.300. The van der Waals surface area contributed by atoms with Gasteiger partial charge in [-0.3, -0.25) is 14.6 Å². The number of amides is 1. The molecule has 6 nitrogen and oxygen atoms in total. The zero-order valence-electron chi connectivity index (χ0n) is 15.3. The summed E-state index contributed by atoms with van der Waals surface area (Å²) in [6, 6.07) is 14.1. The van der Waals surface area contributed by atoms with Crippen LogP contribution in [0.1, 0.15) is 11.1 Å². The summed E-state index contributed by atoms with van der Waals surface area (Å²) in [5.74, 6) is 0.0288. The molecule has 0 atom stereocenters. The quantitative estimate of drug-likeness (QED) is 0.303. The van der Waals surface area contributed by atoms with Gasteiger partial charge in [0.05, 0.1) is 16.3 Å². The number of hydrogen-bond acceptors (Lipinski definition) is 5. The van der Waals surface area contributed by atoms with Gasteiger partial charge in [0.2, 0.25) is 0 Å². The molecule has 0 radical (unpaired) electrons. The van der Waals surface area contributed by atoms with Gasteiger partial charge < -0.3 is 5.11 Å². The highest BCUT2D eigenvalue weighted by Crippen LogP contribution is 2.25. The maximum atomic E-state index is 12.1. The standard InChI is InChI=1S/C20H22I2N4O2/c21-17-10-16(20(28)18(22)11-17)12-23-24-19(27)14-26-8-6-25(7-9-26)13-15-4-2-1-3-5-15/h1-5,10-12,28H,6-9,13-14H2,(H,24,27)/b23-12-. The fourth-order valence-electron chi connectivity index (χ4n) is 3.04. The summed E-state index contributed by atoms with van der Waals surface area (Å²) >= 11 is 4.25. The lowest BCUT2D eigenvalue weighted by molar-refractivity contribution is -0.122. The molecule has 0 bridgehead atoms. The monoisotopic (exact) mass is 604 g/mol. The molecule has 0 aromatic heterocycles. The number of phenolic OH excluding ortho intramolecular Hbond substituents is 1. The van der Waals surface area contributed by atoms with Gasteiger partial charge in [-0.2, -0.15) is 5.10 Å². The van der Waals surface area contributed by atoms with E-state index in [0.717, 1.165) is 39.9 Å². The van der Waals surface area contributed by atoms with Crippen molar-refractivity contribution in [3.63, 3.8) is 0 Å². The second-order valence-electron chi connectivity index (χ2n) is 6.66. The van der Waals surface area contributed by atoms with E-state index in [9.17, 15) is 9.90 Å². The maximum absolute atomic E-state index is 12.1. The van der Waals surface area contributed by atoms with Crippen LogP contribution in [-0.2, 0) is 11.3 Å². The van der Waals surface area contributed by atoms with Crippen molar-refractivity contribution in [3.05, 3.63) is 60.7 Å². The number of halogens is 2. The predicted molar refractivity (Wildman–Crippen MR) is 127 cm³/mol. The molecule has 1 saturated heterocycles. The molecule has 0 spiro atoms. The van der Waals surface area contributed by atoms with Gasteiger partial charge in [-0.1, -0.05) is 30.3 Å². The summed E-state index contributed by atoms with van der Waals surface area (Å²) in [4.78, 5) is 16.7. The van der Waals surface area contributed by atoms with Gasteiger partial charge in [0, 0.05) is 41.9 Å². The second kappa shape index (κ2) is 10.5. The number of carbonyl (C=O) groups is 1. The number of rotatable bonds is 6. The van der Waals surface area contributed by atoms with E-state index in [1.54, 1.807) is 0 Å². The number of phenols is 1. The summed E-state index contributed by atoms with van der Waals surface area (Å²) in [6.45, 7) is 4.88. The van der Waals surface area contributed by atoms with Crippen LogP contribution in [0.25, 0.3) is 0 Å². The number of hydrazone groups is 1. The van der Waals surface area contributed by atoms with E-state index < -0.39 is 0 Å². The van der Waals surface area contributed by atoms with Crippen LogP contribution in [0.4, 0.5) is 0 Å². The lowest BCUT2D eigenvalue weighted by Gasteiger charge is -2.34. The first-order valence-electron chi connectivity index (χ1n) is 9.00. The van der Waals surface area contributed by atoms with Crippen LogP contribution in [0, 0.1) is 7.14 Å². The Morgan fingerprint density at radius 1 is 1.11 bits per heavy atom. The summed E-state index contributed by atoms with van der Waals surface area (Å²) < 4.78 is 1.76. The van der Waals surface area contributed by atoms with Gasteiger partial charge in [-0.05, 0) is 62.9 Å². The summed E-state index contributed by atoms with van der Waals surface area (Å²) in [6.07, 6.45) is 1.48. The smallest absolute Gasteiger partial charge is 0.254 e. The van der Waals surface area contributed by atoms with Gasteiger partial charge in [0.25, 0.3) is 5.91 Å². The third kappa shape index (κ3) is 6.39. The average molecular weight is 604 g/mol. The van der Waals surface area contributed by atoms with Crippen molar-refractivity contribution in [2.24, 2.45) is 5.10 Å². The SMILES string of the molecule is O=C(CN1CCN(Cc2ccccc2)CC1)N/N=C\c1cc(I)cc(I)c1O. The first kappa shape index (κ1) is 21.5. The van der Waals surface area contributed by atoms with Gasteiger partial charge in [0.15, 0.2) is 0 Å². The van der Waals surface area contributed by atoms with Crippen LogP contribution in [0.2, 0.25) is 0 Å². The van der Waals surface area contributed by atoms with Crippen molar-refractivity contribution in [1.29, 1.82) is 0 Å². The fourth-order valence-corrected chi connectivity index (χ4v) is 4.93. The molecular formula is C20H22I2N4O2. The minimum atomic E-state index is -0.146. The molecule has 0 unspecified atom stereocenters. The van der Waals surface area contributed by atoms with E-state index in [2.05, 4.69) is 89.8 Å². The number of nitrogens with one attached hydrogen (secondary N) is 1. The van der Waals surface area contributed by atoms with Crippen molar-refractivity contribution in [2.45, 2.75) is 6.54 Å². The van der Waals surface area contributed by atoms with Crippen molar-refractivity contribution in [2.75, 3.05) is 32.7 Å². The van der Waals surface area contributed by atoms with Crippen LogP contribution in [0.3, 0.4) is 0 Å². The van der Waals surface area contributed by atoms with Gasteiger partial charge in [-0.25, -0.2) is 5.43 Å². The van der Waals surface area contributed by atoms with Crippen LogP contribution in [0.5, 0.6) is 5.75 Å². The lowest BCUT2D eigenvalue weighted by atomic mass is 10.2. The first-order chi connectivity index (χ1) is 13.5. The molecule has 1 aliphatic rings. The molecule has 148 valence electrons. The van der Waals surface area contributed by atoms with Crippen molar-refractivity contribution >= 4 is 57.3 Å². The highest BCUT2D eigenvalue weighted by molar-refractivity contribution is 14.1. The Kier molecular flexibility index (Phi) is 8.06. The Hall–Kier alpha value is -1.24. The van der Waals surface area contributed by atoms with Crippen LogP contribution in [0.15, 0.2) is 47.6 Å². The number of hydrogen-bond donors (Lipinski definition) is 2. The van der Waals surface area contributed by atoms with Crippen molar-refractivity contribution in [1.82, 2.24) is 15.2 Å². The second-order valence-corrected chi connectivity index (χ2v) is 9.06. The van der Waals surface area contributed by atoms with E-state index in [0.29, 0.717) is 12.1 Å². The Morgan fingerprint density at radius 2 is 1.79 bits per heavy atom. The molecule has 28 heavy (non-hydrogen) atoms. The molecule has 0 aliphatic carbocycles. The molecule has 3 rings (SSSR count). The minimum absolute atomic E-state index is 0.146. The highest BCUT2D eigenvalue weighted by atomic mass is 127. The van der Waals surface area contributed by atoms with E-state index in [1.165, 1.54) is 11.8 Å². The Bertz CT molecular complexity index is 838. The van der Waals surface area contributed by atoms with Gasteiger partial charge >= 0.3 is 0 Å². The Balaban J connectivity index is 1.42. The minimum Gasteiger partial charge on any atom is -0.506 e. The van der Waals surface area contributed by atoms with Crippen LogP contribution in [-0.4, -0.2) is 59.8 Å². The Morgan fingerprint density at radius 3 is 2.50 bits per heavy atom. The van der Waals surface area contributed by atoms with Gasteiger partial charge in [0.1, 0.15) is 5.75 Å². The molecule has 2 aromatic rings. The Labute approximate surface area is 192 Å². The van der Waals surface area contributed by atoms with Crippen molar-refractivity contribution in [3.8, 4) is 5.75 Å². The zero-order chi connectivity index (χ0) is 19.9. The molecule has 1 aliphatic heterocycles. The highest BCUT2D eigenvalue weighted by Gasteiger charge is 2.18. The van der Waals surface area contributed by atoms with Gasteiger partial charge in [-0.15, -0.1) is 0 Å². The number of nitrogens with zero attached hydrogens (tertiary/aromatic N) is 3. The van der Waals surface area contributed by atoms with E-state index in [4.69, 9.17) is 0 Å². The molecule has 2 aromatic carbocycles. The largest absolute Gasteiger partial charge is 0.506 e. The van der Waals surface area contributed by atoms with Crippen LogP contribution < -0.4 is 5.43 Å². The third-order valence-electron chi connectivity index (χ3n) is 4.53.